The summed E-state index contributed by atoms with van der Waals surface area (Å²) in [5.74, 6) is 1.69. The predicted octanol–water partition coefficient (Wildman–Crippen LogP) is 2.96. The summed E-state index contributed by atoms with van der Waals surface area (Å²) in [5.41, 5.74) is 2.49. The largest absolute Gasteiger partial charge is 0.374 e. The fourth-order valence-electron chi connectivity index (χ4n) is 2.99. The zero-order valence-electron chi connectivity index (χ0n) is 11.3. The Hall–Kier alpha value is -1.86. The number of benzene rings is 1. The Morgan fingerprint density at radius 2 is 2.05 bits per heavy atom. The Balaban J connectivity index is 2.04. The second kappa shape index (κ2) is 4.36. The van der Waals surface area contributed by atoms with Crippen LogP contribution in [-0.2, 0) is 4.74 Å². The van der Waals surface area contributed by atoms with Gasteiger partial charge in [-0.25, -0.2) is 4.98 Å². The molecule has 2 aromatic rings. The molecule has 1 aromatic carbocycles. The topological polar surface area (TPSA) is 61.7 Å². The Morgan fingerprint density at radius 3 is 2.68 bits per heavy atom. The van der Waals surface area contributed by atoms with Crippen LogP contribution in [0.5, 0.6) is 0 Å². The number of imidazole rings is 1. The van der Waals surface area contributed by atoms with Crippen molar-refractivity contribution in [2.24, 2.45) is 5.92 Å². The second-order valence-electron chi connectivity index (χ2n) is 5.40. The van der Waals surface area contributed by atoms with Crippen molar-refractivity contribution in [3.63, 3.8) is 0 Å². The highest BCUT2D eigenvalue weighted by Crippen LogP contribution is 2.39. The predicted molar refractivity (Wildman–Crippen MR) is 72.7 cm³/mol. The lowest BCUT2D eigenvalue weighted by atomic mass is 9.89. The molecule has 4 atom stereocenters. The van der Waals surface area contributed by atoms with Gasteiger partial charge in [0.2, 0.25) is 0 Å². The van der Waals surface area contributed by atoms with E-state index in [4.69, 9.17) is 10.00 Å². The number of hydrogen-bond donors (Lipinski definition) is 1. The number of fused-ring (bicyclic) bond motifs is 1. The molecule has 0 bridgehead atoms. The van der Waals surface area contributed by atoms with Gasteiger partial charge in [0.25, 0.3) is 0 Å². The van der Waals surface area contributed by atoms with Crippen LogP contribution in [0.2, 0.25) is 0 Å². The molecule has 0 spiro atoms. The summed E-state index contributed by atoms with van der Waals surface area (Å²) >= 11 is 0. The van der Waals surface area contributed by atoms with E-state index in [1.807, 2.05) is 12.1 Å². The zero-order chi connectivity index (χ0) is 13.6. The van der Waals surface area contributed by atoms with Gasteiger partial charge in [-0.15, -0.1) is 0 Å². The van der Waals surface area contributed by atoms with E-state index in [9.17, 15) is 0 Å². The third-order valence-electron chi connectivity index (χ3n) is 4.19. The summed E-state index contributed by atoms with van der Waals surface area (Å²) < 4.78 is 5.87. The van der Waals surface area contributed by atoms with Crippen molar-refractivity contribution in [3.05, 3.63) is 29.6 Å². The van der Waals surface area contributed by atoms with Gasteiger partial charge in [-0.3, -0.25) is 0 Å². The van der Waals surface area contributed by atoms with Gasteiger partial charge < -0.3 is 9.72 Å². The molecule has 1 aromatic heterocycles. The first-order valence-electron chi connectivity index (χ1n) is 6.65. The number of nitrogens with one attached hydrogen (secondary N) is 1. The molecule has 98 valence electrons. The van der Waals surface area contributed by atoms with Gasteiger partial charge in [-0.2, -0.15) is 5.26 Å². The fraction of sp³-hybridized carbons (Fsp3) is 0.467. The Bertz CT molecular complexity index is 655. The summed E-state index contributed by atoms with van der Waals surface area (Å²) in [4.78, 5) is 8.01. The van der Waals surface area contributed by atoms with Crippen molar-refractivity contribution in [1.82, 2.24) is 9.97 Å². The van der Waals surface area contributed by atoms with Gasteiger partial charge in [0, 0.05) is 5.92 Å². The van der Waals surface area contributed by atoms with Crippen LogP contribution in [0.1, 0.15) is 38.1 Å². The minimum absolute atomic E-state index is 0.168. The maximum Gasteiger partial charge on any atom is 0.113 e. The van der Waals surface area contributed by atoms with E-state index in [1.165, 1.54) is 0 Å². The maximum atomic E-state index is 8.93. The average Bonchev–Trinajstić information content (AvgIpc) is 2.90. The van der Waals surface area contributed by atoms with Crippen molar-refractivity contribution >= 4 is 11.0 Å². The molecule has 1 N–H and O–H groups in total. The molecule has 4 heteroatoms. The number of H-pyrrole nitrogens is 1. The standard InChI is InChI=1S/C15H17N3O/c1-8-9(2)19-10(3)14(8)15-17-12-5-4-11(7-16)6-13(12)18-15/h4-6,8-10,14H,1-3H3,(H,17,18). The van der Waals surface area contributed by atoms with E-state index in [0.29, 0.717) is 11.5 Å². The molecule has 1 aliphatic heterocycles. The third-order valence-corrected chi connectivity index (χ3v) is 4.19. The monoisotopic (exact) mass is 255 g/mol. The van der Waals surface area contributed by atoms with E-state index < -0.39 is 0 Å². The quantitative estimate of drug-likeness (QED) is 0.852. The van der Waals surface area contributed by atoms with Gasteiger partial charge in [-0.05, 0) is 38.0 Å². The van der Waals surface area contributed by atoms with E-state index >= 15 is 0 Å². The fourth-order valence-corrected chi connectivity index (χ4v) is 2.99. The normalized spacial score (nSPS) is 30.6. The summed E-state index contributed by atoms with van der Waals surface area (Å²) in [5, 5.41) is 8.93. The number of aromatic nitrogens is 2. The van der Waals surface area contributed by atoms with Crippen LogP contribution in [-0.4, -0.2) is 22.2 Å². The number of ether oxygens (including phenoxy) is 1. The van der Waals surface area contributed by atoms with Crippen molar-refractivity contribution in [1.29, 1.82) is 5.26 Å². The lowest BCUT2D eigenvalue weighted by molar-refractivity contribution is 0.0554. The highest BCUT2D eigenvalue weighted by molar-refractivity contribution is 5.76. The Morgan fingerprint density at radius 1 is 1.26 bits per heavy atom. The first kappa shape index (κ1) is 12.2. The van der Waals surface area contributed by atoms with Crippen LogP contribution in [0.15, 0.2) is 18.2 Å². The first-order chi connectivity index (χ1) is 9.10. The van der Waals surface area contributed by atoms with Crippen LogP contribution in [0, 0.1) is 17.2 Å². The molecule has 2 heterocycles. The smallest absolute Gasteiger partial charge is 0.113 e. The van der Waals surface area contributed by atoms with Crippen LogP contribution < -0.4 is 0 Å². The molecule has 0 radical (unpaired) electrons. The lowest BCUT2D eigenvalue weighted by Gasteiger charge is -2.15. The summed E-state index contributed by atoms with van der Waals surface area (Å²) in [6.45, 7) is 6.41. The third kappa shape index (κ3) is 1.91. The average molecular weight is 255 g/mol. The highest BCUT2D eigenvalue weighted by Gasteiger charge is 2.39. The molecule has 0 amide bonds. The number of hydrogen-bond acceptors (Lipinski definition) is 3. The molecule has 1 fully saturated rings. The van der Waals surface area contributed by atoms with Crippen molar-refractivity contribution < 1.29 is 4.74 Å². The van der Waals surface area contributed by atoms with E-state index in [1.54, 1.807) is 6.07 Å². The SMILES string of the molecule is CC1OC(C)C(c2nc3ccc(C#N)cc3[nH]2)C1C. The van der Waals surface area contributed by atoms with Crippen molar-refractivity contribution in [2.75, 3.05) is 0 Å². The Labute approximate surface area is 112 Å². The van der Waals surface area contributed by atoms with E-state index in [-0.39, 0.29) is 18.1 Å². The van der Waals surface area contributed by atoms with Crippen molar-refractivity contribution in [3.8, 4) is 6.07 Å². The molecule has 4 nitrogen and oxygen atoms in total. The van der Waals surface area contributed by atoms with Gasteiger partial charge in [0.05, 0.1) is 34.9 Å². The zero-order valence-corrected chi connectivity index (χ0v) is 11.3. The number of aromatic amines is 1. The van der Waals surface area contributed by atoms with Crippen LogP contribution in [0.3, 0.4) is 0 Å². The highest BCUT2D eigenvalue weighted by atomic mass is 16.5. The van der Waals surface area contributed by atoms with Gasteiger partial charge >= 0.3 is 0 Å². The molecule has 0 aliphatic carbocycles. The molecule has 3 rings (SSSR count). The van der Waals surface area contributed by atoms with Gasteiger partial charge in [0.1, 0.15) is 5.82 Å². The number of nitrogens with zero attached hydrogens (tertiary/aromatic N) is 2. The maximum absolute atomic E-state index is 8.93. The van der Waals surface area contributed by atoms with E-state index in [0.717, 1.165) is 16.9 Å². The van der Waals surface area contributed by atoms with Crippen molar-refractivity contribution in [2.45, 2.75) is 38.9 Å². The molecule has 1 saturated heterocycles. The minimum Gasteiger partial charge on any atom is -0.374 e. The number of rotatable bonds is 1. The first-order valence-corrected chi connectivity index (χ1v) is 6.65. The van der Waals surface area contributed by atoms with E-state index in [2.05, 4.69) is 36.8 Å². The molecular weight excluding hydrogens is 238 g/mol. The minimum atomic E-state index is 0.168. The molecular formula is C15H17N3O. The van der Waals surface area contributed by atoms with Crippen LogP contribution >= 0.6 is 0 Å². The molecule has 4 unspecified atom stereocenters. The Kier molecular flexibility index (Phi) is 2.79. The lowest BCUT2D eigenvalue weighted by Crippen LogP contribution is -2.16. The molecule has 1 aliphatic rings. The van der Waals surface area contributed by atoms with Gasteiger partial charge in [0.15, 0.2) is 0 Å². The van der Waals surface area contributed by atoms with Crippen LogP contribution in [0.25, 0.3) is 11.0 Å². The second-order valence-corrected chi connectivity index (χ2v) is 5.40. The summed E-state index contributed by atoms with van der Waals surface area (Å²) in [6, 6.07) is 7.69. The summed E-state index contributed by atoms with van der Waals surface area (Å²) in [6.07, 6.45) is 0.420. The number of nitriles is 1. The molecule has 19 heavy (non-hydrogen) atoms. The van der Waals surface area contributed by atoms with Crippen LogP contribution in [0.4, 0.5) is 0 Å². The summed E-state index contributed by atoms with van der Waals surface area (Å²) in [7, 11) is 0. The molecule has 0 saturated carbocycles. The van der Waals surface area contributed by atoms with Gasteiger partial charge in [-0.1, -0.05) is 6.92 Å².